The first-order chi connectivity index (χ1) is 12.6. The van der Waals surface area contributed by atoms with Crippen molar-refractivity contribution >= 4 is 16.8 Å². The van der Waals surface area contributed by atoms with E-state index in [0.717, 1.165) is 6.42 Å². The Kier molecular flexibility index (Phi) is 3.95. The fourth-order valence-electron chi connectivity index (χ4n) is 3.28. The monoisotopic (exact) mass is 354 g/mol. The number of methoxy groups -OCH3 is 1. The molecule has 1 amide bonds. The molecule has 1 aliphatic rings. The average molecular weight is 354 g/mol. The van der Waals surface area contributed by atoms with Crippen LogP contribution in [0.3, 0.4) is 0 Å². The summed E-state index contributed by atoms with van der Waals surface area (Å²) in [6.07, 6.45) is 2.20. The number of fused-ring (bicyclic) bond motifs is 1. The second kappa shape index (κ2) is 6.29. The molecule has 8 heteroatoms. The van der Waals surface area contributed by atoms with Gasteiger partial charge in [0.25, 0.3) is 5.91 Å². The van der Waals surface area contributed by atoms with Gasteiger partial charge in [0.2, 0.25) is 11.3 Å². The van der Waals surface area contributed by atoms with Gasteiger partial charge >= 0.3 is 0 Å². The third-order valence-electron chi connectivity index (χ3n) is 4.69. The number of aromatic amines is 1. The van der Waals surface area contributed by atoms with Crippen LogP contribution >= 0.6 is 0 Å². The number of benzene rings is 1. The van der Waals surface area contributed by atoms with E-state index in [1.807, 2.05) is 0 Å². The van der Waals surface area contributed by atoms with Crippen LogP contribution in [0.5, 0.6) is 5.75 Å². The number of pyridine rings is 1. The number of aromatic nitrogens is 3. The molecule has 1 atom stereocenters. The number of hydrogen-bond acceptors (Lipinski definition) is 6. The summed E-state index contributed by atoms with van der Waals surface area (Å²) in [6, 6.07) is 5.16. The first-order valence-corrected chi connectivity index (χ1v) is 8.35. The number of H-pyrrole nitrogens is 1. The van der Waals surface area contributed by atoms with Crippen LogP contribution in [0.15, 0.2) is 33.7 Å². The Bertz CT molecular complexity index is 1040. The fraction of sp³-hybridized carbons (Fsp3) is 0.333. The Morgan fingerprint density at radius 3 is 3.00 bits per heavy atom. The normalized spacial score (nSPS) is 17.0. The molecule has 4 rings (SSSR count). The van der Waals surface area contributed by atoms with Crippen molar-refractivity contribution in [3.8, 4) is 5.75 Å². The van der Waals surface area contributed by atoms with Crippen LogP contribution in [-0.2, 0) is 0 Å². The number of rotatable bonds is 3. The zero-order valence-corrected chi connectivity index (χ0v) is 14.5. The lowest BCUT2D eigenvalue weighted by molar-refractivity contribution is 0.0788. The lowest BCUT2D eigenvalue weighted by atomic mass is 10.1. The van der Waals surface area contributed by atoms with E-state index in [-0.39, 0.29) is 22.8 Å². The summed E-state index contributed by atoms with van der Waals surface area (Å²) in [5.74, 6) is 1.38. The summed E-state index contributed by atoms with van der Waals surface area (Å²) in [5.41, 5.74) is 0.473. The maximum absolute atomic E-state index is 12.9. The van der Waals surface area contributed by atoms with Gasteiger partial charge in [-0.1, -0.05) is 5.16 Å². The summed E-state index contributed by atoms with van der Waals surface area (Å²) < 4.78 is 10.4. The largest absolute Gasteiger partial charge is 0.497 e. The SMILES string of the molecule is COc1ccc2[nH]cc(C(=O)N3CC[C@H](c4nc(C)no4)C3)c(=O)c2c1. The first-order valence-electron chi connectivity index (χ1n) is 8.35. The zero-order chi connectivity index (χ0) is 18.3. The first kappa shape index (κ1) is 16.3. The predicted molar refractivity (Wildman–Crippen MR) is 93.4 cm³/mol. The molecule has 26 heavy (non-hydrogen) atoms. The minimum Gasteiger partial charge on any atom is -0.497 e. The van der Waals surface area contributed by atoms with Crippen LogP contribution < -0.4 is 10.2 Å². The number of hydrogen-bond donors (Lipinski definition) is 1. The standard InChI is InChI=1S/C18H18N4O4/c1-10-20-17(26-21-10)11-5-6-22(9-11)18(24)14-8-19-15-4-3-12(25-2)7-13(15)16(14)23/h3-4,7-8,11H,5-6,9H2,1-2H3,(H,19,23)/t11-/m0/s1. The highest BCUT2D eigenvalue weighted by Crippen LogP contribution is 2.27. The molecule has 1 N–H and O–H groups in total. The van der Waals surface area contributed by atoms with Gasteiger partial charge in [0.05, 0.1) is 13.0 Å². The number of likely N-dealkylation sites (tertiary alicyclic amines) is 1. The van der Waals surface area contributed by atoms with Crippen LogP contribution in [0.4, 0.5) is 0 Å². The molecule has 3 aromatic rings. The maximum Gasteiger partial charge on any atom is 0.259 e. The number of nitrogens with zero attached hydrogens (tertiary/aromatic N) is 3. The molecule has 0 radical (unpaired) electrons. The van der Waals surface area contributed by atoms with Crippen molar-refractivity contribution in [2.45, 2.75) is 19.3 Å². The van der Waals surface area contributed by atoms with E-state index >= 15 is 0 Å². The molecule has 0 saturated carbocycles. The molecule has 134 valence electrons. The number of ether oxygens (including phenoxy) is 1. The summed E-state index contributed by atoms with van der Waals surface area (Å²) >= 11 is 0. The van der Waals surface area contributed by atoms with Gasteiger partial charge in [0.15, 0.2) is 5.82 Å². The molecule has 3 heterocycles. The lowest BCUT2D eigenvalue weighted by Crippen LogP contribution is -2.32. The van der Waals surface area contributed by atoms with Gasteiger partial charge in [-0.2, -0.15) is 4.98 Å². The van der Waals surface area contributed by atoms with E-state index in [1.165, 1.54) is 13.3 Å². The van der Waals surface area contributed by atoms with Crippen LogP contribution in [-0.4, -0.2) is 46.1 Å². The third kappa shape index (κ3) is 2.73. The van der Waals surface area contributed by atoms with E-state index < -0.39 is 0 Å². The highest BCUT2D eigenvalue weighted by atomic mass is 16.5. The van der Waals surface area contributed by atoms with E-state index in [0.29, 0.717) is 41.5 Å². The van der Waals surface area contributed by atoms with Gasteiger partial charge in [0, 0.05) is 30.2 Å². The van der Waals surface area contributed by atoms with E-state index in [1.54, 1.807) is 30.0 Å². The molecule has 0 unspecified atom stereocenters. The van der Waals surface area contributed by atoms with Gasteiger partial charge in [-0.05, 0) is 31.5 Å². The van der Waals surface area contributed by atoms with Crippen LogP contribution in [0.2, 0.25) is 0 Å². The predicted octanol–water partition coefficient (Wildman–Crippen LogP) is 1.86. The molecule has 1 fully saturated rings. The zero-order valence-electron chi connectivity index (χ0n) is 14.5. The summed E-state index contributed by atoms with van der Waals surface area (Å²) in [5, 5.41) is 4.23. The van der Waals surface area contributed by atoms with Crippen molar-refractivity contribution in [1.29, 1.82) is 0 Å². The van der Waals surface area contributed by atoms with Crippen molar-refractivity contribution < 1.29 is 14.1 Å². The molecule has 0 spiro atoms. The van der Waals surface area contributed by atoms with Gasteiger partial charge in [-0.25, -0.2) is 0 Å². The molecule has 1 saturated heterocycles. The Morgan fingerprint density at radius 2 is 2.27 bits per heavy atom. The number of carbonyl (C=O) groups is 1. The van der Waals surface area contributed by atoms with Crippen LogP contribution in [0.25, 0.3) is 10.9 Å². The molecule has 8 nitrogen and oxygen atoms in total. The second-order valence-electron chi connectivity index (χ2n) is 6.36. The minimum atomic E-state index is -0.306. The Morgan fingerprint density at radius 1 is 1.42 bits per heavy atom. The van der Waals surface area contributed by atoms with Crippen molar-refractivity contribution in [3.05, 3.63) is 51.9 Å². The highest BCUT2D eigenvalue weighted by Gasteiger charge is 2.32. The Hall–Kier alpha value is -3.16. The number of carbonyl (C=O) groups excluding carboxylic acids is 1. The van der Waals surface area contributed by atoms with Gasteiger partial charge in [0.1, 0.15) is 11.3 Å². The Labute approximate surface area is 148 Å². The summed E-state index contributed by atoms with van der Waals surface area (Å²) in [7, 11) is 1.54. The van der Waals surface area contributed by atoms with Crippen molar-refractivity contribution in [2.24, 2.45) is 0 Å². The molecular formula is C18H18N4O4. The van der Waals surface area contributed by atoms with Crippen molar-refractivity contribution in [3.63, 3.8) is 0 Å². The molecule has 1 aliphatic heterocycles. The van der Waals surface area contributed by atoms with Gasteiger partial charge < -0.3 is 19.1 Å². The quantitative estimate of drug-likeness (QED) is 0.770. The van der Waals surface area contributed by atoms with Crippen molar-refractivity contribution in [2.75, 3.05) is 20.2 Å². The average Bonchev–Trinajstić information content (AvgIpc) is 3.30. The van der Waals surface area contributed by atoms with Crippen LogP contribution in [0, 0.1) is 6.92 Å². The third-order valence-corrected chi connectivity index (χ3v) is 4.69. The molecule has 2 aromatic heterocycles. The van der Waals surface area contributed by atoms with Gasteiger partial charge in [-0.3, -0.25) is 9.59 Å². The summed E-state index contributed by atoms with van der Waals surface area (Å²) in [6.45, 7) is 2.75. The fourth-order valence-corrected chi connectivity index (χ4v) is 3.28. The molecular weight excluding hydrogens is 336 g/mol. The topological polar surface area (TPSA) is 101 Å². The number of aryl methyl sites for hydroxylation is 1. The van der Waals surface area contributed by atoms with Gasteiger partial charge in [-0.15, -0.1) is 0 Å². The smallest absolute Gasteiger partial charge is 0.259 e. The number of nitrogens with one attached hydrogen (secondary N) is 1. The Balaban J connectivity index is 1.62. The molecule has 0 aliphatic carbocycles. The molecule has 1 aromatic carbocycles. The maximum atomic E-state index is 12.9. The second-order valence-corrected chi connectivity index (χ2v) is 6.36. The van der Waals surface area contributed by atoms with E-state index in [2.05, 4.69) is 15.1 Å². The van der Waals surface area contributed by atoms with Crippen LogP contribution in [0.1, 0.15) is 34.4 Å². The summed E-state index contributed by atoms with van der Waals surface area (Å²) in [4.78, 5) is 34.6. The molecule has 0 bridgehead atoms. The number of amides is 1. The van der Waals surface area contributed by atoms with E-state index in [9.17, 15) is 9.59 Å². The highest BCUT2D eigenvalue weighted by molar-refractivity contribution is 5.97. The minimum absolute atomic E-state index is 0.000202. The lowest BCUT2D eigenvalue weighted by Gasteiger charge is -2.15. The van der Waals surface area contributed by atoms with E-state index in [4.69, 9.17) is 9.26 Å². The van der Waals surface area contributed by atoms with Crippen molar-refractivity contribution in [1.82, 2.24) is 20.0 Å².